The molecule has 24 heavy (non-hydrogen) atoms. The Morgan fingerprint density at radius 1 is 1.21 bits per heavy atom. The Kier molecular flexibility index (Phi) is 4.38. The maximum absolute atomic E-state index is 12.4. The van der Waals surface area contributed by atoms with Crippen LogP contribution >= 0.6 is 11.3 Å². The van der Waals surface area contributed by atoms with E-state index in [1.54, 1.807) is 0 Å². The number of anilines is 1. The molecule has 1 atom stereocenters. The normalized spacial score (nSPS) is 20.6. The monoisotopic (exact) mass is 343 g/mol. The molecule has 0 N–H and O–H groups in total. The number of carbonyl (C=O) groups excluding carboxylic acids is 1. The van der Waals surface area contributed by atoms with Gasteiger partial charge in [-0.05, 0) is 36.4 Å². The van der Waals surface area contributed by atoms with Crippen molar-refractivity contribution in [3.63, 3.8) is 0 Å². The quantitative estimate of drug-likeness (QED) is 0.856. The molecule has 4 rings (SSSR count). The molecule has 0 aliphatic carbocycles. The van der Waals surface area contributed by atoms with Crippen molar-refractivity contribution >= 4 is 23.1 Å². The molecule has 5 nitrogen and oxygen atoms in total. The minimum absolute atomic E-state index is 0.0412. The molecule has 2 aromatic heterocycles. The van der Waals surface area contributed by atoms with Gasteiger partial charge in [0, 0.05) is 32.3 Å². The Labute approximate surface area is 145 Å². The minimum Gasteiger partial charge on any atom is -0.485 e. The Morgan fingerprint density at radius 3 is 2.88 bits per heavy atom. The number of amides is 1. The van der Waals surface area contributed by atoms with Crippen LogP contribution < -0.4 is 9.64 Å². The predicted octanol–water partition coefficient (Wildman–Crippen LogP) is 3.04. The highest BCUT2D eigenvalue weighted by molar-refractivity contribution is 7.12. The van der Waals surface area contributed by atoms with Crippen molar-refractivity contribution in [3.05, 3.63) is 40.7 Å². The molecule has 0 radical (unpaired) electrons. The first kappa shape index (κ1) is 15.4. The lowest BCUT2D eigenvalue weighted by molar-refractivity contribution is 0.0777. The molecule has 2 aliphatic heterocycles. The third kappa shape index (κ3) is 3.11. The van der Waals surface area contributed by atoms with E-state index in [2.05, 4.69) is 9.88 Å². The van der Waals surface area contributed by atoms with Gasteiger partial charge in [-0.3, -0.25) is 4.79 Å². The third-order valence-electron chi connectivity index (χ3n) is 4.61. The zero-order valence-electron chi connectivity index (χ0n) is 13.6. The molecule has 2 saturated heterocycles. The number of ether oxygens (including phenoxy) is 1. The summed E-state index contributed by atoms with van der Waals surface area (Å²) in [6.07, 6.45) is 5.15. The highest BCUT2D eigenvalue weighted by atomic mass is 32.1. The summed E-state index contributed by atoms with van der Waals surface area (Å²) >= 11 is 1.49. The van der Waals surface area contributed by atoms with Gasteiger partial charge in [-0.15, -0.1) is 11.3 Å². The minimum atomic E-state index is 0.0412. The van der Waals surface area contributed by atoms with Crippen LogP contribution in [0.3, 0.4) is 0 Å². The van der Waals surface area contributed by atoms with E-state index in [-0.39, 0.29) is 12.0 Å². The number of rotatable bonds is 4. The smallest absolute Gasteiger partial charge is 0.264 e. The Bertz CT molecular complexity index is 698. The molecule has 2 aromatic rings. The topological polar surface area (TPSA) is 45.7 Å². The summed E-state index contributed by atoms with van der Waals surface area (Å²) < 4.78 is 6.22. The second-order valence-corrected chi connectivity index (χ2v) is 7.22. The number of aromatic nitrogens is 1. The maximum Gasteiger partial charge on any atom is 0.264 e. The fourth-order valence-electron chi connectivity index (χ4n) is 3.39. The van der Waals surface area contributed by atoms with E-state index in [1.807, 2.05) is 40.7 Å². The van der Waals surface area contributed by atoms with Gasteiger partial charge in [-0.2, -0.15) is 0 Å². The second kappa shape index (κ2) is 6.81. The SMILES string of the molecule is O=C(c1cccs1)N1CC[C@@H](Oc2cccnc2N2CCCC2)C1. The van der Waals surface area contributed by atoms with Gasteiger partial charge in [0.15, 0.2) is 11.6 Å². The lowest BCUT2D eigenvalue weighted by Crippen LogP contribution is -2.30. The van der Waals surface area contributed by atoms with E-state index >= 15 is 0 Å². The van der Waals surface area contributed by atoms with Gasteiger partial charge in [0.1, 0.15) is 6.10 Å². The summed E-state index contributed by atoms with van der Waals surface area (Å²) in [5.74, 6) is 1.90. The predicted molar refractivity (Wildman–Crippen MR) is 94.9 cm³/mol. The lowest BCUT2D eigenvalue weighted by Gasteiger charge is -2.22. The van der Waals surface area contributed by atoms with Crippen molar-refractivity contribution in [2.75, 3.05) is 31.1 Å². The first-order valence-electron chi connectivity index (χ1n) is 8.50. The molecule has 0 unspecified atom stereocenters. The number of nitrogens with zero attached hydrogens (tertiary/aromatic N) is 3. The molecule has 0 aromatic carbocycles. The molecule has 0 spiro atoms. The van der Waals surface area contributed by atoms with E-state index in [0.29, 0.717) is 6.54 Å². The number of hydrogen-bond acceptors (Lipinski definition) is 5. The van der Waals surface area contributed by atoms with Gasteiger partial charge in [0.25, 0.3) is 5.91 Å². The van der Waals surface area contributed by atoms with Crippen LogP contribution in [0.25, 0.3) is 0 Å². The molecule has 2 aliphatic rings. The molecule has 6 heteroatoms. The van der Waals surface area contributed by atoms with Crippen LogP contribution in [0.5, 0.6) is 5.75 Å². The van der Waals surface area contributed by atoms with Crippen LogP contribution in [0.1, 0.15) is 28.9 Å². The van der Waals surface area contributed by atoms with E-state index in [4.69, 9.17) is 4.74 Å². The maximum atomic E-state index is 12.4. The molecular formula is C18H21N3O2S. The van der Waals surface area contributed by atoms with Crippen molar-refractivity contribution in [3.8, 4) is 5.75 Å². The van der Waals surface area contributed by atoms with E-state index in [0.717, 1.165) is 42.5 Å². The Balaban J connectivity index is 1.43. The number of carbonyl (C=O) groups is 1. The lowest BCUT2D eigenvalue weighted by atomic mass is 10.3. The number of hydrogen-bond donors (Lipinski definition) is 0. The number of likely N-dealkylation sites (tertiary alicyclic amines) is 1. The Morgan fingerprint density at radius 2 is 2.08 bits per heavy atom. The summed E-state index contributed by atoms with van der Waals surface area (Å²) in [6.45, 7) is 3.48. The largest absolute Gasteiger partial charge is 0.485 e. The number of thiophene rings is 1. The zero-order valence-corrected chi connectivity index (χ0v) is 14.4. The van der Waals surface area contributed by atoms with Crippen molar-refractivity contribution in [2.24, 2.45) is 0 Å². The third-order valence-corrected chi connectivity index (χ3v) is 5.47. The summed E-state index contributed by atoms with van der Waals surface area (Å²) in [5, 5.41) is 1.94. The van der Waals surface area contributed by atoms with Crippen LogP contribution in [-0.2, 0) is 0 Å². The van der Waals surface area contributed by atoms with Gasteiger partial charge in [-0.25, -0.2) is 4.98 Å². The summed E-state index contributed by atoms with van der Waals surface area (Å²) in [6, 6.07) is 7.70. The van der Waals surface area contributed by atoms with E-state index < -0.39 is 0 Å². The van der Waals surface area contributed by atoms with Gasteiger partial charge in [-0.1, -0.05) is 6.07 Å². The molecule has 0 saturated carbocycles. The van der Waals surface area contributed by atoms with Crippen LogP contribution in [0.4, 0.5) is 5.82 Å². The zero-order chi connectivity index (χ0) is 16.4. The van der Waals surface area contributed by atoms with Crippen molar-refractivity contribution in [1.82, 2.24) is 9.88 Å². The standard InChI is InChI=1S/C18H21N3O2S/c22-18(16-6-4-12-24-16)21-11-7-14(13-21)23-15-5-3-8-19-17(15)20-9-1-2-10-20/h3-6,8,12,14H,1-2,7,9-11,13H2/t14-/m1/s1. The highest BCUT2D eigenvalue weighted by Gasteiger charge is 2.30. The van der Waals surface area contributed by atoms with Crippen LogP contribution in [0.15, 0.2) is 35.8 Å². The number of pyridine rings is 1. The molecular weight excluding hydrogens is 322 g/mol. The van der Waals surface area contributed by atoms with Gasteiger partial charge >= 0.3 is 0 Å². The Hall–Kier alpha value is -2.08. The van der Waals surface area contributed by atoms with Gasteiger partial charge in [0.2, 0.25) is 0 Å². The van der Waals surface area contributed by atoms with Crippen molar-refractivity contribution in [2.45, 2.75) is 25.4 Å². The van der Waals surface area contributed by atoms with Crippen LogP contribution in [0.2, 0.25) is 0 Å². The molecule has 1 amide bonds. The summed E-state index contributed by atoms with van der Waals surface area (Å²) in [5.41, 5.74) is 0. The molecule has 2 fully saturated rings. The van der Waals surface area contributed by atoms with E-state index in [1.165, 1.54) is 24.2 Å². The fraction of sp³-hybridized carbons (Fsp3) is 0.444. The van der Waals surface area contributed by atoms with Crippen molar-refractivity contribution < 1.29 is 9.53 Å². The van der Waals surface area contributed by atoms with Gasteiger partial charge in [0.05, 0.1) is 11.4 Å². The van der Waals surface area contributed by atoms with Crippen LogP contribution in [0, 0.1) is 0 Å². The molecule has 4 heterocycles. The average Bonchev–Trinajstić information content (AvgIpc) is 3.36. The molecule has 0 bridgehead atoms. The average molecular weight is 343 g/mol. The highest BCUT2D eigenvalue weighted by Crippen LogP contribution is 2.30. The van der Waals surface area contributed by atoms with Gasteiger partial charge < -0.3 is 14.5 Å². The fourth-order valence-corrected chi connectivity index (χ4v) is 4.08. The first-order valence-corrected chi connectivity index (χ1v) is 9.38. The summed E-state index contributed by atoms with van der Waals surface area (Å²) in [4.78, 5) is 21.9. The molecule has 126 valence electrons. The van der Waals surface area contributed by atoms with Crippen molar-refractivity contribution in [1.29, 1.82) is 0 Å². The first-order chi connectivity index (χ1) is 11.8. The van der Waals surface area contributed by atoms with E-state index in [9.17, 15) is 4.79 Å². The second-order valence-electron chi connectivity index (χ2n) is 6.28. The van der Waals surface area contributed by atoms with Crippen LogP contribution in [-0.4, -0.2) is 48.1 Å². The summed E-state index contributed by atoms with van der Waals surface area (Å²) in [7, 11) is 0.